The first kappa shape index (κ1) is 12.8. The van der Waals surface area contributed by atoms with Gasteiger partial charge in [0.1, 0.15) is 0 Å². The summed E-state index contributed by atoms with van der Waals surface area (Å²) in [6, 6.07) is 1.18. The van der Waals surface area contributed by atoms with Gasteiger partial charge < -0.3 is 10.6 Å². The highest BCUT2D eigenvalue weighted by Gasteiger charge is 2.20. The van der Waals surface area contributed by atoms with Gasteiger partial charge in [0.15, 0.2) is 0 Å². The number of hydrogen-bond acceptors (Lipinski definition) is 3. The third kappa shape index (κ3) is 4.64. The van der Waals surface area contributed by atoms with Gasteiger partial charge in [0.05, 0.1) is 0 Å². The van der Waals surface area contributed by atoms with E-state index in [1.165, 1.54) is 38.8 Å². The molecule has 1 saturated heterocycles. The number of nitrogens with one attached hydrogen (secondary N) is 2. The van der Waals surface area contributed by atoms with Crippen LogP contribution in [-0.2, 0) is 4.79 Å². The molecule has 0 aromatic carbocycles. The second-order valence-corrected chi connectivity index (χ2v) is 5.37. The predicted octanol–water partition coefficient (Wildman–Crippen LogP) is 0.729. The van der Waals surface area contributed by atoms with E-state index < -0.39 is 0 Å². The van der Waals surface area contributed by atoms with Crippen molar-refractivity contribution in [1.29, 1.82) is 0 Å². The molecular formula is C13H25N3O. The van der Waals surface area contributed by atoms with E-state index in [4.69, 9.17) is 0 Å². The number of rotatable bonds is 7. The lowest BCUT2D eigenvalue weighted by molar-refractivity contribution is -0.121. The zero-order valence-electron chi connectivity index (χ0n) is 10.9. The molecule has 2 rings (SSSR count). The average Bonchev–Trinajstić information content (AvgIpc) is 2.97. The van der Waals surface area contributed by atoms with Crippen LogP contribution in [0, 0.1) is 0 Å². The van der Waals surface area contributed by atoms with Crippen LogP contribution in [-0.4, -0.2) is 49.1 Å². The molecule has 4 nitrogen and oxygen atoms in total. The summed E-state index contributed by atoms with van der Waals surface area (Å²) in [5.41, 5.74) is 0. The molecule has 2 aliphatic rings. The first-order valence-corrected chi connectivity index (χ1v) is 7.00. The zero-order chi connectivity index (χ0) is 12.1. The van der Waals surface area contributed by atoms with Crippen LogP contribution in [0.1, 0.15) is 39.0 Å². The van der Waals surface area contributed by atoms with E-state index in [1.807, 2.05) is 0 Å². The second-order valence-electron chi connectivity index (χ2n) is 5.37. The molecule has 1 saturated carbocycles. The van der Waals surface area contributed by atoms with Crippen LogP contribution in [0.2, 0.25) is 0 Å². The highest BCUT2D eigenvalue weighted by molar-refractivity contribution is 5.76. The maximum Gasteiger partial charge on any atom is 0.221 e. The standard InChI is InChI=1S/C13H25N3O/c1-11(16-8-2-3-9-16)10-15-13(17)6-7-14-12-4-5-12/h11-12,14H,2-10H2,1H3,(H,15,17). The van der Waals surface area contributed by atoms with Gasteiger partial charge in [-0.15, -0.1) is 0 Å². The highest BCUT2D eigenvalue weighted by Crippen LogP contribution is 2.18. The van der Waals surface area contributed by atoms with Crippen molar-refractivity contribution in [3.8, 4) is 0 Å². The Hall–Kier alpha value is -0.610. The van der Waals surface area contributed by atoms with Crippen molar-refractivity contribution in [3.05, 3.63) is 0 Å². The summed E-state index contributed by atoms with van der Waals surface area (Å²) >= 11 is 0. The average molecular weight is 239 g/mol. The van der Waals surface area contributed by atoms with E-state index >= 15 is 0 Å². The van der Waals surface area contributed by atoms with Crippen molar-refractivity contribution >= 4 is 5.91 Å². The normalized spacial score (nSPS) is 22.6. The van der Waals surface area contributed by atoms with Crippen LogP contribution < -0.4 is 10.6 Å². The van der Waals surface area contributed by atoms with E-state index in [0.29, 0.717) is 18.5 Å². The van der Waals surface area contributed by atoms with Gasteiger partial charge in [-0.05, 0) is 45.7 Å². The summed E-state index contributed by atoms with van der Waals surface area (Å²) in [6.45, 7) is 6.21. The Bertz CT molecular complexity index is 247. The van der Waals surface area contributed by atoms with Gasteiger partial charge in [-0.2, -0.15) is 0 Å². The first-order valence-electron chi connectivity index (χ1n) is 7.00. The highest BCUT2D eigenvalue weighted by atomic mass is 16.1. The topological polar surface area (TPSA) is 44.4 Å². The van der Waals surface area contributed by atoms with Gasteiger partial charge in [0.25, 0.3) is 0 Å². The van der Waals surface area contributed by atoms with Crippen LogP contribution in [0.3, 0.4) is 0 Å². The van der Waals surface area contributed by atoms with Crippen LogP contribution >= 0.6 is 0 Å². The quantitative estimate of drug-likeness (QED) is 0.688. The molecule has 2 N–H and O–H groups in total. The molecular weight excluding hydrogens is 214 g/mol. The Morgan fingerprint density at radius 1 is 1.35 bits per heavy atom. The monoisotopic (exact) mass is 239 g/mol. The van der Waals surface area contributed by atoms with E-state index in [9.17, 15) is 4.79 Å². The zero-order valence-corrected chi connectivity index (χ0v) is 10.9. The van der Waals surface area contributed by atoms with E-state index in [0.717, 1.165) is 13.1 Å². The molecule has 0 aromatic heterocycles. The number of amides is 1. The summed E-state index contributed by atoms with van der Waals surface area (Å²) in [5, 5.41) is 6.39. The fourth-order valence-electron chi connectivity index (χ4n) is 2.34. The number of likely N-dealkylation sites (tertiary alicyclic amines) is 1. The van der Waals surface area contributed by atoms with Gasteiger partial charge in [-0.3, -0.25) is 9.69 Å². The summed E-state index contributed by atoms with van der Waals surface area (Å²) in [4.78, 5) is 14.1. The Kier molecular flexibility index (Phi) is 4.80. The van der Waals surface area contributed by atoms with E-state index in [2.05, 4.69) is 22.5 Å². The molecule has 0 radical (unpaired) electrons. The van der Waals surface area contributed by atoms with Gasteiger partial charge in [-0.25, -0.2) is 0 Å². The molecule has 0 bridgehead atoms. The molecule has 1 amide bonds. The number of hydrogen-bond donors (Lipinski definition) is 2. The first-order chi connectivity index (χ1) is 8.25. The SMILES string of the molecule is CC(CNC(=O)CCNC1CC1)N1CCCC1. The van der Waals surface area contributed by atoms with Crippen LogP contribution in [0.5, 0.6) is 0 Å². The number of nitrogens with zero attached hydrogens (tertiary/aromatic N) is 1. The minimum absolute atomic E-state index is 0.184. The Balaban J connectivity index is 1.51. The van der Waals surface area contributed by atoms with Crippen molar-refractivity contribution in [2.24, 2.45) is 0 Å². The molecule has 1 unspecified atom stereocenters. The maximum absolute atomic E-state index is 11.6. The van der Waals surface area contributed by atoms with Gasteiger partial charge in [0.2, 0.25) is 5.91 Å². The smallest absolute Gasteiger partial charge is 0.221 e. The number of carbonyl (C=O) groups excluding carboxylic acids is 1. The summed E-state index contributed by atoms with van der Waals surface area (Å²) in [6.07, 6.45) is 5.80. The third-order valence-electron chi connectivity index (χ3n) is 3.72. The minimum atomic E-state index is 0.184. The molecule has 1 aliphatic carbocycles. The molecule has 2 fully saturated rings. The predicted molar refractivity (Wildman–Crippen MR) is 68.9 cm³/mol. The fraction of sp³-hybridized carbons (Fsp3) is 0.923. The second kappa shape index (κ2) is 6.36. The van der Waals surface area contributed by atoms with E-state index in [1.54, 1.807) is 0 Å². The van der Waals surface area contributed by atoms with Crippen molar-refractivity contribution in [1.82, 2.24) is 15.5 Å². The van der Waals surface area contributed by atoms with Crippen molar-refractivity contribution in [2.45, 2.75) is 51.1 Å². The van der Waals surface area contributed by atoms with Crippen molar-refractivity contribution in [3.63, 3.8) is 0 Å². The molecule has 1 aliphatic heterocycles. The van der Waals surface area contributed by atoms with E-state index in [-0.39, 0.29) is 5.91 Å². The van der Waals surface area contributed by atoms with Gasteiger partial charge >= 0.3 is 0 Å². The molecule has 4 heteroatoms. The molecule has 0 spiro atoms. The van der Waals surface area contributed by atoms with Gasteiger partial charge in [-0.1, -0.05) is 0 Å². The third-order valence-corrected chi connectivity index (χ3v) is 3.72. The molecule has 98 valence electrons. The van der Waals surface area contributed by atoms with Crippen LogP contribution in [0.25, 0.3) is 0 Å². The van der Waals surface area contributed by atoms with Crippen LogP contribution in [0.15, 0.2) is 0 Å². The lowest BCUT2D eigenvalue weighted by Crippen LogP contribution is -2.41. The maximum atomic E-state index is 11.6. The molecule has 0 aromatic rings. The molecule has 17 heavy (non-hydrogen) atoms. The Morgan fingerprint density at radius 2 is 2.06 bits per heavy atom. The fourth-order valence-corrected chi connectivity index (χ4v) is 2.34. The lowest BCUT2D eigenvalue weighted by atomic mass is 10.3. The van der Waals surface area contributed by atoms with Crippen LogP contribution in [0.4, 0.5) is 0 Å². The Morgan fingerprint density at radius 3 is 2.71 bits per heavy atom. The summed E-state index contributed by atoms with van der Waals surface area (Å²) < 4.78 is 0. The Labute approximate surface area is 104 Å². The van der Waals surface area contributed by atoms with Crippen molar-refractivity contribution in [2.75, 3.05) is 26.2 Å². The molecule has 1 heterocycles. The number of carbonyl (C=O) groups is 1. The van der Waals surface area contributed by atoms with Gasteiger partial charge in [0, 0.05) is 31.6 Å². The minimum Gasteiger partial charge on any atom is -0.355 e. The molecule has 1 atom stereocenters. The van der Waals surface area contributed by atoms with Crippen molar-refractivity contribution < 1.29 is 4.79 Å². The lowest BCUT2D eigenvalue weighted by Gasteiger charge is -2.23. The largest absolute Gasteiger partial charge is 0.355 e. The summed E-state index contributed by atoms with van der Waals surface area (Å²) in [5.74, 6) is 0.184. The summed E-state index contributed by atoms with van der Waals surface area (Å²) in [7, 11) is 0.